The monoisotopic (exact) mass is 600 g/mol. The highest BCUT2D eigenvalue weighted by atomic mass is 79.9. The van der Waals surface area contributed by atoms with Crippen molar-refractivity contribution in [2.75, 3.05) is 19.1 Å². The molecule has 1 heterocycles. The van der Waals surface area contributed by atoms with Crippen molar-refractivity contribution in [2.24, 2.45) is 16.6 Å². The Kier molecular flexibility index (Phi) is 10.8. The van der Waals surface area contributed by atoms with Crippen LogP contribution in [-0.4, -0.2) is 58.7 Å². The van der Waals surface area contributed by atoms with Crippen LogP contribution in [0, 0.1) is 5.92 Å². The van der Waals surface area contributed by atoms with Crippen molar-refractivity contribution in [1.29, 1.82) is 0 Å². The van der Waals surface area contributed by atoms with E-state index in [4.69, 9.17) is 15.2 Å². The summed E-state index contributed by atoms with van der Waals surface area (Å²) < 4.78 is 11.3. The van der Waals surface area contributed by atoms with Gasteiger partial charge in [0.25, 0.3) is 11.9 Å². The van der Waals surface area contributed by atoms with Crippen molar-refractivity contribution < 1.29 is 19.1 Å². The molecule has 39 heavy (non-hydrogen) atoms. The second kappa shape index (κ2) is 14.2. The number of rotatable bonds is 12. The summed E-state index contributed by atoms with van der Waals surface area (Å²) in [5, 5.41) is 16.6. The number of methoxy groups -OCH3 is 2. The summed E-state index contributed by atoms with van der Waals surface area (Å²) in [6, 6.07) is 12.0. The maximum atomic E-state index is 13.8. The molecule has 0 saturated carbocycles. The molecule has 0 radical (unpaired) electrons. The van der Waals surface area contributed by atoms with E-state index in [2.05, 4.69) is 46.9 Å². The predicted octanol–water partition coefficient (Wildman–Crippen LogP) is 2.99. The number of ether oxygens (including phenoxy) is 2. The van der Waals surface area contributed by atoms with Gasteiger partial charge in [0.2, 0.25) is 5.91 Å². The minimum atomic E-state index is -0.879. The molecule has 2 amide bonds. The third-order valence-electron chi connectivity index (χ3n) is 6.10. The van der Waals surface area contributed by atoms with E-state index >= 15 is 0 Å². The number of hydrogen-bond donors (Lipinski definition) is 3. The molecule has 2 atom stereocenters. The zero-order chi connectivity index (χ0) is 28.4. The number of hydrogen-bond acceptors (Lipinski definition) is 8. The Morgan fingerprint density at radius 3 is 2.49 bits per heavy atom. The molecular weight excluding hydrogens is 568 g/mol. The standard InChI is InChI=1S/C26H33BrN8O4/c1-5-16(2)11-20(24(37)35(26-31-33-34-32-26)15-17-9-7-6-8-10-17)29-25(28)30-23(36)13-18-12-21(38-3)22(39-4)14-19(18)27/h6-10,12,14,16,20H,5,11,13,15H2,1-4H3,(H3,28,29,30,36)(H,31,32,33,34). The number of anilines is 1. The van der Waals surface area contributed by atoms with E-state index in [0.717, 1.165) is 12.0 Å². The molecule has 0 spiro atoms. The summed E-state index contributed by atoms with van der Waals surface area (Å²) in [5.41, 5.74) is 7.68. The molecule has 0 aliphatic rings. The second-order valence-electron chi connectivity index (χ2n) is 8.92. The van der Waals surface area contributed by atoms with Crippen molar-refractivity contribution in [2.45, 2.75) is 45.7 Å². The van der Waals surface area contributed by atoms with Crippen molar-refractivity contribution in [3.05, 3.63) is 58.1 Å². The molecular formula is C26H33BrN8O4. The zero-order valence-corrected chi connectivity index (χ0v) is 23.9. The molecule has 0 saturated heterocycles. The van der Waals surface area contributed by atoms with Crippen LogP contribution in [0.4, 0.5) is 5.95 Å². The van der Waals surface area contributed by atoms with Gasteiger partial charge in [-0.15, -0.1) is 5.10 Å². The lowest BCUT2D eigenvalue weighted by Crippen LogP contribution is -2.43. The zero-order valence-electron chi connectivity index (χ0n) is 22.3. The Labute approximate surface area is 235 Å². The highest BCUT2D eigenvalue weighted by Crippen LogP contribution is 2.33. The summed E-state index contributed by atoms with van der Waals surface area (Å²) in [4.78, 5) is 32.4. The van der Waals surface area contributed by atoms with E-state index in [1.165, 1.54) is 19.1 Å². The summed E-state index contributed by atoms with van der Waals surface area (Å²) in [7, 11) is 3.05. The average molecular weight is 602 g/mol. The van der Waals surface area contributed by atoms with Crippen molar-refractivity contribution >= 4 is 39.7 Å². The number of amides is 2. The number of aromatic amines is 1. The van der Waals surface area contributed by atoms with Crippen molar-refractivity contribution in [1.82, 2.24) is 25.9 Å². The minimum absolute atomic E-state index is 0.00980. The fourth-order valence-corrected chi connectivity index (χ4v) is 4.27. The van der Waals surface area contributed by atoms with Crippen LogP contribution < -0.4 is 25.4 Å². The SMILES string of the molecule is CCC(C)CC(N=C(N)NC(=O)Cc1cc(OC)c(OC)cc1Br)C(=O)N(Cc1ccccc1)c1nn[nH]n1. The molecule has 0 aliphatic heterocycles. The molecule has 2 aromatic carbocycles. The van der Waals surface area contributed by atoms with Gasteiger partial charge in [0.1, 0.15) is 6.04 Å². The van der Waals surface area contributed by atoms with Gasteiger partial charge < -0.3 is 15.2 Å². The maximum Gasteiger partial charge on any atom is 0.272 e. The number of guanidine groups is 1. The van der Waals surface area contributed by atoms with E-state index < -0.39 is 11.9 Å². The Morgan fingerprint density at radius 1 is 1.18 bits per heavy atom. The topological polar surface area (TPSA) is 161 Å². The first-order valence-electron chi connectivity index (χ1n) is 12.4. The van der Waals surface area contributed by atoms with E-state index in [1.54, 1.807) is 12.1 Å². The van der Waals surface area contributed by atoms with E-state index in [-0.39, 0.29) is 36.7 Å². The Bertz CT molecular complexity index is 1270. The van der Waals surface area contributed by atoms with Crippen LogP contribution in [0.3, 0.4) is 0 Å². The van der Waals surface area contributed by atoms with Crippen LogP contribution in [-0.2, 0) is 22.6 Å². The average Bonchev–Trinajstić information content (AvgIpc) is 3.47. The van der Waals surface area contributed by atoms with E-state index in [9.17, 15) is 9.59 Å². The van der Waals surface area contributed by atoms with Gasteiger partial charge in [-0.2, -0.15) is 5.21 Å². The molecule has 0 fully saturated rings. The largest absolute Gasteiger partial charge is 0.493 e. The van der Waals surface area contributed by atoms with Gasteiger partial charge in [0.05, 0.1) is 27.2 Å². The highest BCUT2D eigenvalue weighted by Gasteiger charge is 2.29. The van der Waals surface area contributed by atoms with Crippen LogP contribution in [0.15, 0.2) is 51.9 Å². The number of carbonyl (C=O) groups is 2. The first-order valence-corrected chi connectivity index (χ1v) is 13.2. The Morgan fingerprint density at radius 2 is 1.87 bits per heavy atom. The first kappa shape index (κ1) is 29.6. The number of aliphatic imine (C=N–C) groups is 1. The number of nitrogens with zero attached hydrogens (tertiary/aromatic N) is 5. The van der Waals surface area contributed by atoms with Gasteiger partial charge >= 0.3 is 0 Å². The second-order valence-corrected chi connectivity index (χ2v) is 9.78. The normalized spacial score (nSPS) is 12.9. The fourth-order valence-electron chi connectivity index (χ4n) is 3.81. The van der Waals surface area contributed by atoms with Gasteiger partial charge in [-0.3, -0.25) is 19.8 Å². The number of carbonyl (C=O) groups excluding carboxylic acids is 2. The Hall–Kier alpha value is -4.00. The lowest BCUT2D eigenvalue weighted by Gasteiger charge is -2.24. The van der Waals surface area contributed by atoms with Gasteiger partial charge in [0.15, 0.2) is 17.5 Å². The highest BCUT2D eigenvalue weighted by molar-refractivity contribution is 9.10. The molecule has 1 aromatic heterocycles. The number of nitrogens with two attached hydrogens (primary N) is 1. The van der Waals surface area contributed by atoms with Crippen LogP contribution in [0.1, 0.15) is 37.8 Å². The number of aromatic nitrogens is 4. The van der Waals surface area contributed by atoms with E-state index in [1.807, 2.05) is 44.2 Å². The van der Waals surface area contributed by atoms with Crippen LogP contribution in [0.25, 0.3) is 0 Å². The quantitative estimate of drug-likeness (QED) is 0.211. The number of halogens is 1. The van der Waals surface area contributed by atoms with Crippen LogP contribution in [0.2, 0.25) is 0 Å². The number of tetrazole rings is 1. The maximum absolute atomic E-state index is 13.8. The number of nitrogens with one attached hydrogen (secondary N) is 2. The molecule has 2 unspecified atom stereocenters. The molecule has 12 nitrogen and oxygen atoms in total. The molecule has 3 aromatic rings. The molecule has 0 aliphatic carbocycles. The number of benzene rings is 2. The van der Waals surface area contributed by atoms with Crippen molar-refractivity contribution in [3.8, 4) is 11.5 Å². The fraction of sp³-hybridized carbons (Fsp3) is 0.385. The van der Waals surface area contributed by atoms with E-state index in [0.29, 0.717) is 28.0 Å². The van der Waals surface area contributed by atoms with Crippen molar-refractivity contribution in [3.63, 3.8) is 0 Å². The molecule has 3 rings (SSSR count). The van der Waals surface area contributed by atoms with Gasteiger partial charge in [0, 0.05) is 4.47 Å². The van der Waals surface area contributed by atoms with Crippen LogP contribution in [0.5, 0.6) is 11.5 Å². The lowest BCUT2D eigenvalue weighted by atomic mass is 9.98. The smallest absolute Gasteiger partial charge is 0.272 e. The van der Waals surface area contributed by atoms with Gasteiger partial charge in [-0.25, -0.2) is 4.99 Å². The summed E-state index contributed by atoms with van der Waals surface area (Å²) >= 11 is 3.46. The Balaban J connectivity index is 1.82. The molecule has 0 bridgehead atoms. The lowest BCUT2D eigenvalue weighted by molar-refractivity contribution is -0.121. The minimum Gasteiger partial charge on any atom is -0.493 e. The molecule has 4 N–H and O–H groups in total. The summed E-state index contributed by atoms with van der Waals surface area (Å²) in [6.07, 6.45) is 1.24. The first-order chi connectivity index (χ1) is 18.7. The predicted molar refractivity (Wildman–Crippen MR) is 150 cm³/mol. The van der Waals surface area contributed by atoms with Gasteiger partial charge in [-0.1, -0.05) is 71.6 Å². The van der Waals surface area contributed by atoms with Crippen LogP contribution >= 0.6 is 15.9 Å². The summed E-state index contributed by atoms with van der Waals surface area (Å²) in [6.45, 7) is 4.27. The number of H-pyrrole nitrogens is 1. The summed E-state index contributed by atoms with van der Waals surface area (Å²) in [5.74, 6) is 0.378. The third kappa shape index (κ3) is 8.24. The van der Waals surface area contributed by atoms with Gasteiger partial charge in [-0.05, 0) is 40.8 Å². The molecule has 13 heteroatoms. The molecule has 208 valence electrons. The third-order valence-corrected chi connectivity index (χ3v) is 6.84.